The number of benzene rings is 1. The first-order chi connectivity index (χ1) is 13.0. The molecule has 3 rings (SSSR count). The van der Waals surface area contributed by atoms with E-state index >= 15 is 0 Å². The molecule has 1 saturated carbocycles. The Labute approximate surface area is 157 Å². The molecule has 142 valence electrons. The lowest BCUT2D eigenvalue weighted by molar-refractivity contribution is -0.123. The normalized spacial score (nSPS) is 19.3. The molecule has 1 heterocycles. The number of carbonyl (C=O) groups excluding carboxylic acids is 3. The van der Waals surface area contributed by atoms with Gasteiger partial charge in [-0.15, -0.1) is 0 Å². The number of amides is 3. The minimum absolute atomic E-state index is 0.0656. The van der Waals surface area contributed by atoms with Crippen molar-refractivity contribution in [1.82, 2.24) is 15.6 Å². The summed E-state index contributed by atoms with van der Waals surface area (Å²) in [6.07, 6.45) is 4.21. The van der Waals surface area contributed by atoms with E-state index in [1.54, 1.807) is 18.2 Å². The first-order valence-electron chi connectivity index (χ1n) is 9.16. The van der Waals surface area contributed by atoms with Gasteiger partial charge in [-0.2, -0.15) is 0 Å². The van der Waals surface area contributed by atoms with Gasteiger partial charge in [0, 0.05) is 11.4 Å². The lowest BCUT2D eigenvalue weighted by Gasteiger charge is -2.29. The molecular weight excluding hydrogens is 346 g/mol. The van der Waals surface area contributed by atoms with E-state index in [2.05, 4.69) is 22.5 Å². The number of esters is 1. The number of urea groups is 1. The summed E-state index contributed by atoms with van der Waals surface area (Å²) in [6, 6.07) is 10.2. The topological polar surface area (TPSA) is 97.4 Å². The van der Waals surface area contributed by atoms with E-state index in [9.17, 15) is 14.4 Å². The van der Waals surface area contributed by atoms with Gasteiger partial charge in [0.1, 0.15) is 5.69 Å². The largest absolute Gasteiger partial charge is 0.451 e. The lowest BCUT2D eigenvalue weighted by atomic mass is 9.86. The van der Waals surface area contributed by atoms with Crippen molar-refractivity contribution in [3.8, 4) is 0 Å². The number of hydrogen-bond donors (Lipinski definition) is 2. The zero-order valence-electron chi connectivity index (χ0n) is 15.2. The summed E-state index contributed by atoms with van der Waals surface area (Å²) in [5.74, 6) is -1.00. The maximum absolute atomic E-state index is 12.1. The van der Waals surface area contributed by atoms with Crippen LogP contribution in [-0.4, -0.2) is 35.5 Å². The summed E-state index contributed by atoms with van der Waals surface area (Å²) in [7, 11) is 0. The number of imide groups is 1. The minimum Gasteiger partial charge on any atom is -0.451 e. The molecule has 1 aliphatic carbocycles. The van der Waals surface area contributed by atoms with Gasteiger partial charge in [-0.3, -0.25) is 10.1 Å². The highest BCUT2D eigenvalue weighted by Crippen LogP contribution is 2.23. The number of nitrogens with zero attached hydrogens (tertiary/aromatic N) is 1. The Balaban J connectivity index is 1.47. The summed E-state index contributed by atoms with van der Waals surface area (Å²) in [5, 5.41) is 5.92. The molecular formula is C20H23N3O4. The van der Waals surface area contributed by atoms with Crippen molar-refractivity contribution in [3.05, 3.63) is 42.1 Å². The minimum atomic E-state index is -0.711. The maximum atomic E-state index is 12.1. The zero-order chi connectivity index (χ0) is 19.2. The number of aromatic nitrogens is 1. The van der Waals surface area contributed by atoms with Gasteiger partial charge < -0.3 is 10.1 Å². The van der Waals surface area contributed by atoms with E-state index in [-0.39, 0.29) is 11.7 Å². The van der Waals surface area contributed by atoms with Gasteiger partial charge in [-0.1, -0.05) is 44.0 Å². The molecule has 1 aromatic heterocycles. The molecule has 0 unspecified atom stereocenters. The Kier molecular flexibility index (Phi) is 6.01. The molecule has 0 saturated heterocycles. The molecule has 0 aliphatic heterocycles. The molecule has 2 aromatic rings. The molecule has 1 aromatic carbocycles. The van der Waals surface area contributed by atoms with Crippen LogP contribution in [0.15, 0.2) is 36.4 Å². The number of rotatable bonds is 4. The van der Waals surface area contributed by atoms with Crippen LogP contribution in [0.4, 0.5) is 4.79 Å². The highest BCUT2D eigenvalue weighted by atomic mass is 16.5. The summed E-state index contributed by atoms with van der Waals surface area (Å²) in [6.45, 7) is 1.55. The monoisotopic (exact) mass is 369 g/mol. The number of ether oxygens (including phenoxy) is 1. The van der Waals surface area contributed by atoms with Gasteiger partial charge in [0.05, 0.1) is 5.52 Å². The van der Waals surface area contributed by atoms with E-state index in [0.29, 0.717) is 11.4 Å². The Morgan fingerprint density at radius 3 is 2.70 bits per heavy atom. The Morgan fingerprint density at radius 2 is 1.89 bits per heavy atom. The third kappa shape index (κ3) is 5.03. The first-order valence-corrected chi connectivity index (χ1v) is 9.16. The summed E-state index contributed by atoms with van der Waals surface area (Å²) in [4.78, 5) is 40.1. The second-order valence-electron chi connectivity index (χ2n) is 6.86. The predicted octanol–water partition coefficient (Wildman–Crippen LogP) is 2.80. The summed E-state index contributed by atoms with van der Waals surface area (Å²) >= 11 is 0. The van der Waals surface area contributed by atoms with Gasteiger partial charge in [-0.05, 0) is 30.9 Å². The quantitative estimate of drug-likeness (QED) is 0.808. The molecule has 0 radical (unpaired) electrons. The van der Waals surface area contributed by atoms with Crippen molar-refractivity contribution in [2.45, 2.75) is 38.6 Å². The fourth-order valence-electron chi connectivity index (χ4n) is 3.28. The predicted molar refractivity (Wildman–Crippen MR) is 100 cm³/mol. The summed E-state index contributed by atoms with van der Waals surface area (Å²) in [5.41, 5.74) is 0.777. The van der Waals surface area contributed by atoms with Crippen molar-refractivity contribution in [2.75, 3.05) is 6.61 Å². The highest BCUT2D eigenvalue weighted by Gasteiger charge is 2.23. The van der Waals surface area contributed by atoms with E-state index in [1.165, 1.54) is 6.42 Å². The smallest absolute Gasteiger partial charge is 0.357 e. The van der Waals surface area contributed by atoms with E-state index < -0.39 is 24.5 Å². The number of carbonyl (C=O) groups is 3. The van der Waals surface area contributed by atoms with Crippen LogP contribution in [0.25, 0.3) is 10.9 Å². The molecule has 7 heteroatoms. The van der Waals surface area contributed by atoms with Crippen molar-refractivity contribution in [2.24, 2.45) is 5.92 Å². The third-order valence-electron chi connectivity index (χ3n) is 4.82. The maximum Gasteiger partial charge on any atom is 0.357 e. The molecule has 27 heavy (non-hydrogen) atoms. The molecule has 2 atom stereocenters. The standard InChI is InChI=1S/C20H23N3O4/c1-13-6-2-4-8-15(13)22-20(26)23-18(24)12-27-19(25)17-11-10-14-7-3-5-9-16(14)21-17/h3,5,7,9-11,13,15H,2,4,6,8,12H2,1H3,(H2,22,23,24,26)/t13-,15-/m1/s1. The Bertz CT molecular complexity index is 852. The van der Waals surface area contributed by atoms with Crippen LogP contribution in [0.1, 0.15) is 43.1 Å². The van der Waals surface area contributed by atoms with Crippen molar-refractivity contribution in [1.29, 1.82) is 0 Å². The fraction of sp³-hybridized carbons (Fsp3) is 0.400. The van der Waals surface area contributed by atoms with Crippen molar-refractivity contribution < 1.29 is 19.1 Å². The van der Waals surface area contributed by atoms with Crippen LogP contribution < -0.4 is 10.6 Å². The van der Waals surface area contributed by atoms with Gasteiger partial charge in [0.25, 0.3) is 5.91 Å². The lowest BCUT2D eigenvalue weighted by Crippen LogP contribution is -2.48. The Morgan fingerprint density at radius 1 is 1.11 bits per heavy atom. The number of pyridine rings is 1. The first kappa shape index (κ1) is 18.8. The van der Waals surface area contributed by atoms with Crippen LogP contribution in [0.2, 0.25) is 0 Å². The third-order valence-corrected chi connectivity index (χ3v) is 4.82. The van der Waals surface area contributed by atoms with Gasteiger partial charge in [0.2, 0.25) is 0 Å². The molecule has 2 N–H and O–H groups in total. The van der Waals surface area contributed by atoms with Gasteiger partial charge in [-0.25, -0.2) is 14.6 Å². The molecule has 1 aliphatic rings. The van der Waals surface area contributed by atoms with Crippen LogP contribution in [0, 0.1) is 5.92 Å². The Hall–Kier alpha value is -2.96. The molecule has 0 spiro atoms. The van der Waals surface area contributed by atoms with Crippen LogP contribution >= 0.6 is 0 Å². The molecule has 3 amide bonds. The van der Waals surface area contributed by atoms with E-state index in [4.69, 9.17) is 4.74 Å². The number of para-hydroxylation sites is 1. The van der Waals surface area contributed by atoms with Crippen molar-refractivity contribution in [3.63, 3.8) is 0 Å². The van der Waals surface area contributed by atoms with Crippen LogP contribution in [0.3, 0.4) is 0 Å². The second kappa shape index (κ2) is 8.62. The van der Waals surface area contributed by atoms with Crippen molar-refractivity contribution >= 4 is 28.8 Å². The number of hydrogen-bond acceptors (Lipinski definition) is 5. The number of nitrogens with one attached hydrogen (secondary N) is 2. The van der Waals surface area contributed by atoms with Gasteiger partial charge >= 0.3 is 12.0 Å². The van der Waals surface area contributed by atoms with E-state index in [0.717, 1.165) is 24.6 Å². The van der Waals surface area contributed by atoms with Crippen LogP contribution in [0.5, 0.6) is 0 Å². The van der Waals surface area contributed by atoms with E-state index in [1.807, 2.05) is 18.2 Å². The average molecular weight is 369 g/mol. The summed E-state index contributed by atoms with van der Waals surface area (Å²) < 4.78 is 4.96. The second-order valence-corrected chi connectivity index (χ2v) is 6.86. The van der Waals surface area contributed by atoms with Gasteiger partial charge in [0.15, 0.2) is 6.61 Å². The molecule has 0 bridgehead atoms. The highest BCUT2D eigenvalue weighted by molar-refractivity contribution is 5.97. The molecule has 1 fully saturated rings. The molecule has 7 nitrogen and oxygen atoms in total. The fourth-order valence-corrected chi connectivity index (χ4v) is 3.28. The number of fused-ring (bicyclic) bond motifs is 1. The SMILES string of the molecule is C[C@@H]1CCCC[C@H]1NC(=O)NC(=O)COC(=O)c1ccc2ccccc2n1. The zero-order valence-corrected chi connectivity index (χ0v) is 15.2. The van der Waals surface area contributed by atoms with Crippen LogP contribution in [-0.2, 0) is 9.53 Å². The average Bonchev–Trinajstić information content (AvgIpc) is 2.67.